The molecule has 1 aromatic heterocycles. The van der Waals surface area contributed by atoms with E-state index in [0.29, 0.717) is 5.71 Å². The Bertz CT molecular complexity index is 1470. The van der Waals surface area contributed by atoms with Crippen molar-refractivity contribution in [2.24, 2.45) is 5.10 Å². The number of amides is 1. The predicted octanol–water partition coefficient (Wildman–Crippen LogP) is 0.471. The summed E-state index contributed by atoms with van der Waals surface area (Å²) >= 11 is 0. The minimum absolute atomic E-state index is 0. The Morgan fingerprint density at radius 1 is 1.17 bits per heavy atom. The molecule has 2 heterocycles. The van der Waals surface area contributed by atoms with Gasteiger partial charge in [0.05, 0.1) is 35.0 Å². The van der Waals surface area contributed by atoms with Crippen molar-refractivity contribution in [3.63, 3.8) is 0 Å². The first-order valence-electron chi connectivity index (χ1n) is 9.84. The zero-order valence-electron chi connectivity index (χ0n) is 18.1. The molecule has 0 spiro atoms. The Hall–Kier alpha value is -2.41. The van der Waals surface area contributed by atoms with Crippen LogP contribution in [-0.2, 0) is 14.9 Å². The molecule has 1 amide bonds. The second kappa shape index (κ2) is 11.5. The van der Waals surface area contributed by atoms with Crippen LogP contribution in [0.2, 0.25) is 0 Å². The van der Waals surface area contributed by atoms with Crippen molar-refractivity contribution in [2.75, 3.05) is 13.2 Å². The Morgan fingerprint density at radius 2 is 1.80 bits per heavy atom. The first-order chi connectivity index (χ1) is 16.0. The average molecular weight is 525 g/mol. The van der Waals surface area contributed by atoms with Gasteiger partial charge in [-0.2, -0.15) is 18.8 Å². The fourth-order valence-corrected chi connectivity index (χ4v) is 3.86. The number of β-amino-alcohol motifs (C(OH)–C–C–N with tert-alkyl or cyclic N) is 1. The molecule has 0 fully saturated rings. The second-order valence-electron chi connectivity index (χ2n) is 7.24. The summed E-state index contributed by atoms with van der Waals surface area (Å²) in [4.78, 5) is 24.8. The van der Waals surface area contributed by atoms with E-state index in [1.807, 2.05) is 6.07 Å². The van der Waals surface area contributed by atoms with Gasteiger partial charge in [0, 0.05) is 5.56 Å². The van der Waals surface area contributed by atoms with E-state index in [9.17, 15) is 28.4 Å². The van der Waals surface area contributed by atoms with Crippen LogP contribution in [0.25, 0.3) is 11.8 Å². The topological polar surface area (TPSA) is 173 Å². The van der Waals surface area contributed by atoms with Crippen molar-refractivity contribution in [3.8, 4) is 17.6 Å². The van der Waals surface area contributed by atoms with Crippen LogP contribution >= 0.6 is 0 Å². The van der Waals surface area contributed by atoms with Gasteiger partial charge in [-0.15, -0.1) is 0 Å². The number of hydrazone groups is 1. The molecule has 1 aliphatic rings. The van der Waals surface area contributed by atoms with E-state index < -0.39 is 32.4 Å². The number of benzene rings is 1. The third kappa shape index (κ3) is 5.88. The van der Waals surface area contributed by atoms with Gasteiger partial charge in [-0.05, 0) is 55.8 Å². The number of aliphatic hydroxyl groups excluding tert-OH is 1. The molecule has 0 atom stereocenters. The van der Waals surface area contributed by atoms with E-state index >= 15 is 0 Å². The van der Waals surface area contributed by atoms with Gasteiger partial charge in [-0.1, -0.05) is 6.08 Å². The van der Waals surface area contributed by atoms with Crippen molar-refractivity contribution in [1.82, 2.24) is 9.58 Å². The molecule has 0 bridgehead atoms. The number of hydrogen-bond acceptors (Lipinski definition) is 8. The fourth-order valence-electron chi connectivity index (χ4n) is 3.38. The molecule has 0 saturated heterocycles. The van der Waals surface area contributed by atoms with Gasteiger partial charge in [0.15, 0.2) is 0 Å². The molecule has 35 heavy (non-hydrogen) atoms. The van der Waals surface area contributed by atoms with Gasteiger partial charge in [-0.25, -0.2) is 9.58 Å². The third-order valence-corrected chi connectivity index (χ3v) is 5.98. The molecule has 13 heteroatoms. The quantitative estimate of drug-likeness (QED) is 0.278. The number of nitriles is 1. The van der Waals surface area contributed by atoms with E-state index in [2.05, 4.69) is 5.10 Å². The second-order valence-corrected chi connectivity index (χ2v) is 8.66. The number of aliphatic hydroxyl groups is 1. The van der Waals surface area contributed by atoms with Crippen molar-refractivity contribution in [2.45, 2.75) is 18.7 Å². The molecule has 1 aromatic carbocycles. The molecule has 0 radical (unpaired) electrons. The molecule has 178 valence electrons. The van der Waals surface area contributed by atoms with E-state index in [-0.39, 0.29) is 92.5 Å². The van der Waals surface area contributed by atoms with Crippen molar-refractivity contribution < 1.29 is 28.0 Å². The van der Waals surface area contributed by atoms with Gasteiger partial charge < -0.3 is 10.2 Å². The summed E-state index contributed by atoms with van der Waals surface area (Å²) in [6.07, 6.45) is 4.32. The Kier molecular flexibility index (Phi) is 9.51. The van der Waals surface area contributed by atoms with Crippen LogP contribution in [0.5, 0.6) is 5.88 Å². The van der Waals surface area contributed by atoms with Crippen LogP contribution in [-0.4, -0.2) is 109 Å². The number of carbonyl (C=O) groups excluding carboxylic acids is 1. The average Bonchev–Trinajstić information content (AvgIpc) is 3.03. The number of hydrogen-bond donors (Lipinski definition) is 3. The fraction of sp³-hybridized carbons (Fsp3) is 0.182. The van der Waals surface area contributed by atoms with E-state index in [1.165, 1.54) is 37.3 Å². The molecular weight excluding hydrogens is 503 g/mol. The first kappa shape index (κ1) is 28.8. The van der Waals surface area contributed by atoms with E-state index in [0.717, 1.165) is 21.7 Å². The number of aromatic hydroxyl groups is 1. The van der Waals surface area contributed by atoms with E-state index in [1.54, 1.807) is 6.92 Å². The summed E-state index contributed by atoms with van der Waals surface area (Å²) in [5.41, 5.74) is 0.0405. The van der Waals surface area contributed by atoms with Crippen molar-refractivity contribution in [1.29, 1.82) is 5.26 Å². The Morgan fingerprint density at radius 3 is 2.34 bits per heavy atom. The number of allylic oxidation sites excluding steroid dienone is 2. The van der Waals surface area contributed by atoms with Crippen molar-refractivity contribution >= 4 is 79.2 Å². The molecule has 2 aromatic rings. The summed E-state index contributed by atoms with van der Waals surface area (Å²) in [6.45, 7) is 2.91. The standard InChI is InChI=1S/C22H20N4O7S.K.H/c1-13-17(4-3-5-18-14(2)24-25(10-11-27)20(18)28)21(29)26(22(30)19(13)12-23)15-6-8-16(9-7-15)34(31,32)33;;/h3-9,27,29H,10-11H2,1-2H3,(H,31,32,33);;/b4-3+,18-5-;;. The molecule has 11 nitrogen and oxygen atoms in total. The molecular formula is C22H21KN4O7S. The summed E-state index contributed by atoms with van der Waals surface area (Å²) < 4.78 is 32.5. The van der Waals surface area contributed by atoms with Gasteiger partial charge in [0.25, 0.3) is 21.6 Å². The number of aromatic nitrogens is 1. The zero-order valence-corrected chi connectivity index (χ0v) is 18.9. The van der Waals surface area contributed by atoms with E-state index in [4.69, 9.17) is 9.66 Å². The number of carbonyl (C=O) groups is 1. The van der Waals surface area contributed by atoms with Gasteiger partial charge in [0.1, 0.15) is 11.6 Å². The Balaban J connectivity index is 0.00000432. The van der Waals surface area contributed by atoms with Crippen LogP contribution in [0.1, 0.15) is 23.6 Å². The molecule has 3 N–H and O–H groups in total. The van der Waals surface area contributed by atoms with Crippen molar-refractivity contribution in [3.05, 3.63) is 69.0 Å². The van der Waals surface area contributed by atoms with Gasteiger partial charge in [0.2, 0.25) is 5.88 Å². The summed E-state index contributed by atoms with van der Waals surface area (Å²) in [6, 6.07) is 6.30. The Labute approximate surface area is 243 Å². The normalized spacial score (nSPS) is 14.8. The van der Waals surface area contributed by atoms with Crippen LogP contribution in [0.15, 0.2) is 56.8 Å². The third-order valence-electron chi connectivity index (χ3n) is 5.12. The van der Waals surface area contributed by atoms with Crippen LogP contribution in [0.4, 0.5) is 0 Å². The molecule has 0 unspecified atom stereocenters. The molecule has 3 rings (SSSR count). The summed E-state index contributed by atoms with van der Waals surface area (Å²) in [5, 5.41) is 34.6. The summed E-state index contributed by atoms with van der Waals surface area (Å²) in [5.74, 6) is -0.917. The maximum atomic E-state index is 12.8. The van der Waals surface area contributed by atoms with Crippen LogP contribution in [0, 0.1) is 18.3 Å². The predicted molar refractivity (Wildman–Crippen MR) is 129 cm³/mol. The molecule has 0 saturated carbocycles. The molecule has 0 aliphatic carbocycles. The maximum absolute atomic E-state index is 12.8. The van der Waals surface area contributed by atoms with Gasteiger partial charge in [-0.3, -0.25) is 14.1 Å². The first-order valence-corrected chi connectivity index (χ1v) is 11.3. The number of nitrogens with zero attached hydrogens (tertiary/aromatic N) is 4. The number of pyridine rings is 1. The minimum atomic E-state index is -4.46. The molecule has 1 aliphatic heterocycles. The monoisotopic (exact) mass is 524 g/mol. The zero-order chi connectivity index (χ0) is 25.2. The van der Waals surface area contributed by atoms with Crippen LogP contribution < -0.4 is 5.56 Å². The van der Waals surface area contributed by atoms with Gasteiger partial charge >= 0.3 is 51.4 Å². The number of rotatable bonds is 6. The van der Waals surface area contributed by atoms with Crippen LogP contribution in [0.3, 0.4) is 0 Å². The SMILES string of the molecule is CC1=NN(CCO)C(=O)/C1=C\C=C\c1c(C)c(C#N)c(=O)n(-c2ccc(S(=O)(=O)O)cc2)c1O.[KH]. The summed E-state index contributed by atoms with van der Waals surface area (Å²) in [7, 11) is -4.46.